The number of Topliss-reactive ketones (excluding diaryl/α,β-unsaturated/α-hetero) is 1. The van der Waals surface area contributed by atoms with Crippen LogP contribution in [0.15, 0.2) is 59.0 Å². The van der Waals surface area contributed by atoms with Crippen LogP contribution < -0.4 is 0 Å². The molecule has 0 saturated carbocycles. The molecule has 0 saturated heterocycles. The monoisotopic (exact) mass is 430 g/mol. The number of non-ortho nitro benzene ring substituents is 2. The van der Waals surface area contributed by atoms with E-state index in [1.807, 2.05) is 0 Å². The molecule has 30 heavy (non-hydrogen) atoms. The number of carbonyl (C=O) groups is 2. The Labute approximate surface area is 172 Å². The van der Waals surface area contributed by atoms with Crippen LogP contribution in [0.2, 0.25) is 5.02 Å². The Morgan fingerprint density at radius 1 is 0.933 bits per heavy atom. The lowest BCUT2D eigenvalue weighted by molar-refractivity contribution is -0.385. The molecule has 0 fully saturated rings. The van der Waals surface area contributed by atoms with Gasteiger partial charge in [-0.2, -0.15) is 0 Å². The highest BCUT2D eigenvalue weighted by atomic mass is 35.5. The van der Waals surface area contributed by atoms with Crippen LogP contribution in [0, 0.1) is 20.2 Å². The molecule has 152 valence electrons. The highest BCUT2D eigenvalue weighted by Crippen LogP contribution is 2.32. The van der Waals surface area contributed by atoms with Gasteiger partial charge in [0, 0.05) is 35.4 Å². The predicted molar refractivity (Wildman–Crippen MR) is 104 cm³/mol. The molecule has 0 unspecified atom stereocenters. The molecule has 0 aliphatic rings. The van der Waals surface area contributed by atoms with E-state index in [-0.39, 0.29) is 33.5 Å². The van der Waals surface area contributed by atoms with Gasteiger partial charge < -0.3 is 9.15 Å². The fraction of sp³-hybridized carbons (Fsp3) is 0.0526. The highest BCUT2D eigenvalue weighted by Gasteiger charge is 2.19. The predicted octanol–water partition coefficient (Wildman–Crippen LogP) is 4.46. The van der Waals surface area contributed by atoms with E-state index in [1.54, 1.807) is 0 Å². The fourth-order valence-corrected chi connectivity index (χ4v) is 2.73. The molecule has 11 heteroatoms. The zero-order chi connectivity index (χ0) is 21.8. The van der Waals surface area contributed by atoms with Crippen molar-refractivity contribution in [2.24, 2.45) is 0 Å². The largest absolute Gasteiger partial charge is 0.451 e. The lowest BCUT2D eigenvalue weighted by Gasteiger charge is -2.03. The van der Waals surface area contributed by atoms with Crippen molar-refractivity contribution in [1.82, 2.24) is 0 Å². The number of nitro benzene ring substituents is 2. The van der Waals surface area contributed by atoms with Crippen molar-refractivity contribution < 1.29 is 28.6 Å². The molecule has 3 aromatic rings. The van der Waals surface area contributed by atoms with Crippen LogP contribution in [0.25, 0.3) is 11.3 Å². The van der Waals surface area contributed by atoms with Gasteiger partial charge in [0.2, 0.25) is 5.76 Å². The minimum atomic E-state index is -0.908. The summed E-state index contributed by atoms with van der Waals surface area (Å²) in [5.74, 6) is -1.47. The topological polar surface area (TPSA) is 143 Å². The Hall–Kier alpha value is -4.05. The summed E-state index contributed by atoms with van der Waals surface area (Å²) in [4.78, 5) is 44.4. The summed E-state index contributed by atoms with van der Waals surface area (Å²) in [5, 5.41) is 21.5. The van der Waals surface area contributed by atoms with Gasteiger partial charge >= 0.3 is 5.97 Å². The van der Waals surface area contributed by atoms with E-state index in [4.69, 9.17) is 20.8 Å². The first-order valence-corrected chi connectivity index (χ1v) is 8.63. The maximum atomic E-state index is 12.1. The number of esters is 1. The van der Waals surface area contributed by atoms with E-state index in [2.05, 4.69) is 0 Å². The lowest BCUT2D eigenvalue weighted by Crippen LogP contribution is -2.13. The van der Waals surface area contributed by atoms with Crippen LogP contribution in [0.1, 0.15) is 20.9 Å². The average molecular weight is 431 g/mol. The number of hydrogen-bond donors (Lipinski definition) is 0. The van der Waals surface area contributed by atoms with Crippen molar-refractivity contribution in [2.45, 2.75) is 0 Å². The summed E-state index contributed by atoms with van der Waals surface area (Å²) in [7, 11) is 0. The number of carbonyl (C=O) groups excluding carboxylic acids is 2. The molecule has 0 aliphatic heterocycles. The molecule has 3 rings (SSSR count). The number of furan rings is 1. The van der Waals surface area contributed by atoms with E-state index < -0.39 is 28.2 Å². The van der Waals surface area contributed by atoms with Gasteiger partial charge in [0.25, 0.3) is 11.4 Å². The first kappa shape index (κ1) is 20.7. The Bertz CT molecular complexity index is 1150. The molecule has 1 heterocycles. The van der Waals surface area contributed by atoms with E-state index in [9.17, 15) is 29.8 Å². The second-order valence-corrected chi connectivity index (χ2v) is 6.30. The highest BCUT2D eigenvalue weighted by molar-refractivity contribution is 6.33. The molecule has 0 aliphatic carbocycles. The third-order valence-electron chi connectivity index (χ3n) is 3.97. The van der Waals surface area contributed by atoms with Crippen LogP contribution >= 0.6 is 11.6 Å². The summed E-state index contributed by atoms with van der Waals surface area (Å²) >= 11 is 6.03. The number of ether oxygens (including phenoxy) is 1. The van der Waals surface area contributed by atoms with E-state index >= 15 is 0 Å². The van der Waals surface area contributed by atoms with Gasteiger partial charge in [-0.05, 0) is 30.3 Å². The second-order valence-electron chi connectivity index (χ2n) is 5.89. The average Bonchev–Trinajstić information content (AvgIpc) is 3.21. The third-order valence-corrected chi connectivity index (χ3v) is 4.28. The van der Waals surface area contributed by atoms with Gasteiger partial charge in [-0.25, -0.2) is 4.79 Å². The smallest absolute Gasteiger partial charge is 0.374 e. The van der Waals surface area contributed by atoms with Crippen molar-refractivity contribution >= 4 is 34.7 Å². The maximum absolute atomic E-state index is 12.1. The normalized spacial score (nSPS) is 10.4. The van der Waals surface area contributed by atoms with Crippen LogP contribution in [-0.4, -0.2) is 28.2 Å². The first-order chi connectivity index (χ1) is 14.3. The third kappa shape index (κ3) is 4.50. The summed E-state index contributed by atoms with van der Waals surface area (Å²) < 4.78 is 10.3. The molecule has 0 atom stereocenters. The van der Waals surface area contributed by atoms with Crippen molar-refractivity contribution in [3.8, 4) is 11.3 Å². The zero-order valence-corrected chi connectivity index (χ0v) is 15.7. The van der Waals surface area contributed by atoms with Gasteiger partial charge in [-0.15, -0.1) is 0 Å². The number of halogens is 1. The van der Waals surface area contributed by atoms with E-state index in [0.717, 1.165) is 6.07 Å². The number of nitrogens with zero attached hydrogens (tertiary/aromatic N) is 2. The Morgan fingerprint density at radius 3 is 2.17 bits per heavy atom. The van der Waals surface area contributed by atoms with Gasteiger partial charge in [-0.3, -0.25) is 25.0 Å². The van der Waals surface area contributed by atoms with Crippen molar-refractivity contribution in [1.29, 1.82) is 0 Å². The van der Waals surface area contributed by atoms with Gasteiger partial charge in [0.1, 0.15) is 5.76 Å². The number of nitro groups is 2. The molecule has 0 N–H and O–H groups in total. The lowest BCUT2D eigenvalue weighted by atomic mass is 10.1. The van der Waals surface area contributed by atoms with Crippen LogP contribution in [0.4, 0.5) is 11.4 Å². The molecule has 10 nitrogen and oxygen atoms in total. The first-order valence-electron chi connectivity index (χ1n) is 8.25. The van der Waals surface area contributed by atoms with Gasteiger partial charge in [0.05, 0.1) is 14.9 Å². The number of hydrogen-bond acceptors (Lipinski definition) is 8. The molecule has 1 aromatic heterocycles. The Kier molecular flexibility index (Phi) is 5.88. The summed E-state index contributed by atoms with van der Waals surface area (Å²) in [6, 6.07) is 11.4. The van der Waals surface area contributed by atoms with E-state index in [0.29, 0.717) is 5.56 Å². The number of ketones is 1. The van der Waals surface area contributed by atoms with E-state index in [1.165, 1.54) is 48.5 Å². The van der Waals surface area contributed by atoms with Crippen LogP contribution in [-0.2, 0) is 4.74 Å². The van der Waals surface area contributed by atoms with Crippen LogP contribution in [0.5, 0.6) is 0 Å². The minimum absolute atomic E-state index is 0.0619. The van der Waals surface area contributed by atoms with Crippen LogP contribution in [0.3, 0.4) is 0 Å². The van der Waals surface area contributed by atoms with Gasteiger partial charge in [-0.1, -0.05) is 11.6 Å². The number of rotatable bonds is 7. The molecule has 0 amide bonds. The zero-order valence-electron chi connectivity index (χ0n) is 14.9. The maximum Gasteiger partial charge on any atom is 0.374 e. The summed E-state index contributed by atoms with van der Waals surface area (Å²) in [6.07, 6.45) is 0. The Balaban J connectivity index is 1.66. The molecular formula is C19H11ClN2O8. The summed E-state index contributed by atoms with van der Waals surface area (Å²) in [6.45, 7) is -0.592. The van der Waals surface area contributed by atoms with Gasteiger partial charge in [0.15, 0.2) is 12.4 Å². The van der Waals surface area contributed by atoms with Crippen molar-refractivity contribution in [2.75, 3.05) is 6.61 Å². The fourth-order valence-electron chi connectivity index (χ4n) is 2.46. The standard InChI is InChI=1S/C19H11ClN2O8/c20-15-9-13(22(27)28)5-6-14(15)17-7-8-18(30-17)19(24)29-10-16(23)11-1-3-12(4-2-11)21(25)26/h1-9H,10H2. The molecule has 2 aromatic carbocycles. The number of benzene rings is 2. The SMILES string of the molecule is O=C(COC(=O)c1ccc(-c2ccc([N+](=O)[O-])cc2Cl)o1)c1ccc([N+](=O)[O-])cc1. The molecule has 0 radical (unpaired) electrons. The van der Waals surface area contributed by atoms with Crippen molar-refractivity contribution in [3.63, 3.8) is 0 Å². The second kappa shape index (κ2) is 8.53. The molecule has 0 bridgehead atoms. The van der Waals surface area contributed by atoms with Crippen molar-refractivity contribution in [3.05, 3.63) is 91.2 Å². The minimum Gasteiger partial charge on any atom is -0.451 e. The Morgan fingerprint density at radius 2 is 1.57 bits per heavy atom. The summed E-state index contributed by atoms with van der Waals surface area (Å²) in [5.41, 5.74) is 0.116. The molecule has 0 spiro atoms. The molecular weight excluding hydrogens is 420 g/mol. The quantitative estimate of drug-likeness (QED) is 0.231.